The Hall–Kier alpha value is -1.31. The lowest BCUT2D eigenvalue weighted by atomic mass is 9.95. The van der Waals surface area contributed by atoms with Gasteiger partial charge in [-0.15, -0.1) is 0 Å². The van der Waals surface area contributed by atoms with E-state index in [1.807, 2.05) is 51.1 Å². The molecule has 0 aliphatic carbocycles. The zero-order chi connectivity index (χ0) is 13.3. The molecular formula is C16H17ClO. The van der Waals surface area contributed by atoms with Gasteiger partial charge in [-0.2, -0.15) is 0 Å². The van der Waals surface area contributed by atoms with Gasteiger partial charge >= 0.3 is 0 Å². The third-order valence-corrected chi connectivity index (χ3v) is 3.65. The first kappa shape index (κ1) is 13.1. The number of aliphatic hydroxyl groups excluding tert-OH is 1. The topological polar surface area (TPSA) is 20.2 Å². The number of hydrogen-bond acceptors (Lipinski definition) is 1. The third kappa shape index (κ3) is 2.58. The van der Waals surface area contributed by atoms with Gasteiger partial charge in [0.05, 0.1) is 0 Å². The summed E-state index contributed by atoms with van der Waals surface area (Å²) in [5.74, 6) is 0. The van der Waals surface area contributed by atoms with Crippen LogP contribution >= 0.6 is 11.6 Å². The van der Waals surface area contributed by atoms with Gasteiger partial charge in [0.2, 0.25) is 0 Å². The molecule has 0 aliphatic rings. The Bertz CT molecular complexity index is 575. The maximum Gasteiger partial charge on any atom is 0.104 e. The molecule has 18 heavy (non-hydrogen) atoms. The maximum absolute atomic E-state index is 10.5. The minimum absolute atomic E-state index is 0.596. The van der Waals surface area contributed by atoms with Gasteiger partial charge in [0.1, 0.15) is 6.10 Å². The van der Waals surface area contributed by atoms with Crippen molar-refractivity contribution in [2.75, 3.05) is 0 Å². The quantitative estimate of drug-likeness (QED) is 0.851. The second kappa shape index (κ2) is 5.13. The smallest absolute Gasteiger partial charge is 0.104 e. The van der Waals surface area contributed by atoms with Gasteiger partial charge in [-0.25, -0.2) is 0 Å². The average Bonchev–Trinajstić information content (AvgIpc) is 2.35. The minimum Gasteiger partial charge on any atom is -0.384 e. The van der Waals surface area contributed by atoms with E-state index in [4.69, 9.17) is 11.6 Å². The van der Waals surface area contributed by atoms with Crippen LogP contribution in [0.25, 0.3) is 0 Å². The lowest BCUT2D eigenvalue weighted by Crippen LogP contribution is -2.03. The molecule has 0 saturated heterocycles. The molecular weight excluding hydrogens is 244 g/mol. The van der Waals surface area contributed by atoms with E-state index in [0.717, 1.165) is 32.8 Å². The van der Waals surface area contributed by atoms with Crippen LogP contribution in [0.5, 0.6) is 0 Å². The van der Waals surface area contributed by atoms with Gasteiger partial charge in [-0.1, -0.05) is 47.5 Å². The molecule has 0 bridgehead atoms. The fourth-order valence-electron chi connectivity index (χ4n) is 2.07. The minimum atomic E-state index is -0.596. The van der Waals surface area contributed by atoms with E-state index in [9.17, 15) is 5.11 Å². The molecule has 0 saturated carbocycles. The van der Waals surface area contributed by atoms with Crippen molar-refractivity contribution in [1.82, 2.24) is 0 Å². The van der Waals surface area contributed by atoms with Crippen molar-refractivity contribution in [2.45, 2.75) is 26.9 Å². The van der Waals surface area contributed by atoms with Crippen molar-refractivity contribution in [3.05, 3.63) is 69.2 Å². The van der Waals surface area contributed by atoms with Gasteiger partial charge < -0.3 is 5.11 Å². The number of aryl methyl sites for hydroxylation is 3. The molecule has 1 unspecified atom stereocenters. The molecule has 2 heteroatoms. The fourth-order valence-corrected chi connectivity index (χ4v) is 2.19. The van der Waals surface area contributed by atoms with Crippen molar-refractivity contribution in [2.24, 2.45) is 0 Å². The summed E-state index contributed by atoms with van der Waals surface area (Å²) < 4.78 is 0. The van der Waals surface area contributed by atoms with Gasteiger partial charge in [-0.05, 0) is 49.1 Å². The molecule has 0 spiro atoms. The number of aliphatic hydroxyl groups is 1. The van der Waals surface area contributed by atoms with Gasteiger partial charge in [0.25, 0.3) is 0 Å². The van der Waals surface area contributed by atoms with Crippen LogP contribution in [0.2, 0.25) is 5.02 Å². The summed E-state index contributed by atoms with van der Waals surface area (Å²) in [4.78, 5) is 0. The molecule has 0 aromatic heterocycles. The van der Waals surface area contributed by atoms with E-state index in [1.54, 1.807) is 0 Å². The van der Waals surface area contributed by atoms with Crippen molar-refractivity contribution in [3.8, 4) is 0 Å². The van der Waals surface area contributed by atoms with Crippen molar-refractivity contribution in [1.29, 1.82) is 0 Å². The molecule has 2 aromatic rings. The van der Waals surface area contributed by atoms with Crippen LogP contribution in [0.3, 0.4) is 0 Å². The maximum atomic E-state index is 10.5. The molecule has 2 rings (SSSR count). The van der Waals surface area contributed by atoms with Gasteiger partial charge in [0, 0.05) is 5.02 Å². The van der Waals surface area contributed by atoms with Crippen molar-refractivity contribution in [3.63, 3.8) is 0 Å². The lowest BCUT2D eigenvalue weighted by Gasteiger charge is -2.16. The van der Waals surface area contributed by atoms with Crippen molar-refractivity contribution >= 4 is 11.6 Å². The molecule has 0 heterocycles. The lowest BCUT2D eigenvalue weighted by molar-refractivity contribution is 0.219. The molecule has 94 valence electrons. The van der Waals surface area contributed by atoms with Gasteiger partial charge in [-0.3, -0.25) is 0 Å². The third-order valence-electron chi connectivity index (χ3n) is 3.23. The van der Waals surface area contributed by atoms with Crippen LogP contribution in [0.1, 0.15) is 33.9 Å². The number of benzene rings is 2. The highest BCUT2D eigenvalue weighted by Crippen LogP contribution is 2.28. The second-order valence-corrected chi connectivity index (χ2v) is 5.18. The van der Waals surface area contributed by atoms with E-state index < -0.39 is 6.10 Å². The molecule has 0 aliphatic heterocycles. The summed E-state index contributed by atoms with van der Waals surface area (Å²) in [5.41, 5.74) is 5.07. The zero-order valence-electron chi connectivity index (χ0n) is 10.9. The molecule has 1 atom stereocenters. The summed E-state index contributed by atoms with van der Waals surface area (Å²) >= 11 is 6.01. The summed E-state index contributed by atoms with van der Waals surface area (Å²) in [6.45, 7) is 5.99. The standard InChI is InChI=1S/C16H17ClO/c1-10-4-5-11(2)14(8-10)16(18)13-6-7-15(17)12(3)9-13/h4-9,16,18H,1-3H3. The monoisotopic (exact) mass is 260 g/mol. The highest BCUT2D eigenvalue weighted by Gasteiger charge is 2.13. The van der Waals surface area contributed by atoms with Crippen LogP contribution in [-0.4, -0.2) is 5.11 Å². The van der Waals surface area contributed by atoms with E-state index in [1.165, 1.54) is 0 Å². The molecule has 0 fully saturated rings. The molecule has 1 N–H and O–H groups in total. The number of hydrogen-bond donors (Lipinski definition) is 1. The first-order valence-electron chi connectivity index (χ1n) is 6.00. The molecule has 0 amide bonds. The van der Waals surface area contributed by atoms with Crippen LogP contribution in [0.4, 0.5) is 0 Å². The first-order chi connectivity index (χ1) is 8.49. The summed E-state index contributed by atoms with van der Waals surface area (Å²) in [6.07, 6.45) is -0.596. The van der Waals surface area contributed by atoms with Crippen LogP contribution in [0, 0.1) is 20.8 Å². The number of rotatable bonds is 2. The summed E-state index contributed by atoms with van der Waals surface area (Å²) in [5, 5.41) is 11.2. The van der Waals surface area contributed by atoms with Crippen molar-refractivity contribution < 1.29 is 5.11 Å². The SMILES string of the molecule is Cc1ccc(C)c(C(O)c2ccc(Cl)c(C)c2)c1. The Balaban J connectivity index is 2.44. The Morgan fingerprint density at radius 2 is 1.67 bits per heavy atom. The molecule has 0 radical (unpaired) electrons. The largest absolute Gasteiger partial charge is 0.384 e. The first-order valence-corrected chi connectivity index (χ1v) is 6.38. The number of halogens is 1. The van der Waals surface area contributed by atoms with E-state index in [-0.39, 0.29) is 0 Å². The highest BCUT2D eigenvalue weighted by molar-refractivity contribution is 6.31. The predicted molar refractivity (Wildman–Crippen MR) is 76.2 cm³/mol. The average molecular weight is 261 g/mol. The Kier molecular flexibility index (Phi) is 3.74. The van der Waals surface area contributed by atoms with E-state index >= 15 is 0 Å². The fraction of sp³-hybridized carbons (Fsp3) is 0.250. The summed E-state index contributed by atoms with van der Waals surface area (Å²) in [7, 11) is 0. The highest BCUT2D eigenvalue weighted by atomic mass is 35.5. The van der Waals surface area contributed by atoms with Gasteiger partial charge in [0.15, 0.2) is 0 Å². The Morgan fingerprint density at radius 3 is 2.33 bits per heavy atom. The van der Waals surface area contributed by atoms with E-state index in [2.05, 4.69) is 6.07 Å². The second-order valence-electron chi connectivity index (χ2n) is 4.77. The summed E-state index contributed by atoms with van der Waals surface area (Å²) in [6, 6.07) is 11.8. The predicted octanol–water partition coefficient (Wildman–Crippen LogP) is 4.35. The normalized spacial score (nSPS) is 12.5. The zero-order valence-corrected chi connectivity index (χ0v) is 11.6. The van der Waals surface area contributed by atoms with Crippen LogP contribution < -0.4 is 0 Å². The Morgan fingerprint density at radius 1 is 0.944 bits per heavy atom. The van der Waals surface area contributed by atoms with E-state index in [0.29, 0.717) is 0 Å². The van der Waals surface area contributed by atoms with Crippen LogP contribution in [0.15, 0.2) is 36.4 Å². The van der Waals surface area contributed by atoms with Crippen LogP contribution in [-0.2, 0) is 0 Å². The molecule has 2 aromatic carbocycles. The Labute approximate surface area is 113 Å². The molecule has 1 nitrogen and oxygen atoms in total.